The maximum atomic E-state index is 14.0. The van der Waals surface area contributed by atoms with E-state index in [-0.39, 0.29) is 17.4 Å². The third-order valence-electron chi connectivity index (χ3n) is 3.50. The number of nitrogens with zero attached hydrogens (tertiary/aromatic N) is 6. The van der Waals surface area contributed by atoms with E-state index in [1.807, 2.05) is 0 Å². The number of carbonyl (C=O) groups is 1. The van der Waals surface area contributed by atoms with Crippen molar-refractivity contribution in [3.8, 4) is 0 Å². The first-order valence-electron chi connectivity index (χ1n) is 7.16. The molecule has 0 atom stereocenters. The quantitative estimate of drug-likeness (QED) is 0.634. The van der Waals surface area contributed by atoms with Crippen LogP contribution < -0.4 is 4.90 Å². The topological polar surface area (TPSA) is 66.6 Å². The summed E-state index contributed by atoms with van der Waals surface area (Å²) < 4.78 is 15.7. The molecule has 0 saturated heterocycles. The summed E-state index contributed by atoms with van der Waals surface area (Å²) in [6.45, 7) is 0.471. The molecular weight excluding hydrogens is 299 g/mol. The molecule has 2 aromatic heterocycles. The van der Waals surface area contributed by atoms with E-state index in [2.05, 4.69) is 15.1 Å². The van der Waals surface area contributed by atoms with Gasteiger partial charge in [-0.25, -0.2) is 14.4 Å². The van der Waals surface area contributed by atoms with E-state index in [0.717, 1.165) is 0 Å². The summed E-state index contributed by atoms with van der Waals surface area (Å²) in [7, 11) is 5.33. The fourth-order valence-electron chi connectivity index (χ4n) is 2.41. The first-order valence-corrected chi connectivity index (χ1v) is 7.16. The molecule has 7 nitrogen and oxygen atoms in total. The molecule has 0 bridgehead atoms. The fourth-order valence-corrected chi connectivity index (χ4v) is 2.41. The first-order chi connectivity index (χ1) is 11.0. The third-order valence-corrected chi connectivity index (χ3v) is 3.50. The molecule has 8 heteroatoms. The Balaban J connectivity index is 1.97. The number of aliphatic imine (C=N–C) groups is 1. The van der Waals surface area contributed by atoms with Gasteiger partial charge in [-0.05, 0) is 18.1 Å². The molecule has 0 saturated carbocycles. The second-order valence-corrected chi connectivity index (χ2v) is 5.59. The summed E-state index contributed by atoms with van der Waals surface area (Å²) in [6, 6.07) is 1.35. The summed E-state index contributed by atoms with van der Waals surface area (Å²) in [5, 5.41) is 4.08. The summed E-state index contributed by atoms with van der Waals surface area (Å²) in [5.41, 5.74) is 1.55. The van der Waals surface area contributed by atoms with E-state index in [0.29, 0.717) is 24.2 Å². The van der Waals surface area contributed by atoms with Crippen molar-refractivity contribution < 1.29 is 9.18 Å². The zero-order valence-electron chi connectivity index (χ0n) is 13.2. The minimum atomic E-state index is -0.524. The van der Waals surface area contributed by atoms with Gasteiger partial charge in [-0.3, -0.25) is 9.48 Å². The Labute approximate surface area is 133 Å². The molecule has 0 fully saturated rings. The molecule has 3 heterocycles. The van der Waals surface area contributed by atoms with Crippen molar-refractivity contribution in [1.82, 2.24) is 19.7 Å². The number of anilines is 1. The van der Waals surface area contributed by atoms with Crippen LogP contribution in [-0.2, 0) is 13.5 Å². The van der Waals surface area contributed by atoms with Gasteiger partial charge in [-0.2, -0.15) is 5.10 Å². The second kappa shape index (κ2) is 5.79. The van der Waals surface area contributed by atoms with Crippen LogP contribution >= 0.6 is 0 Å². The molecule has 120 valence electrons. The number of carbonyl (C=O) groups excluding carboxylic acids is 1. The zero-order valence-corrected chi connectivity index (χ0v) is 13.2. The van der Waals surface area contributed by atoms with E-state index in [4.69, 9.17) is 0 Å². The number of amides is 1. The molecule has 1 aliphatic rings. The van der Waals surface area contributed by atoms with E-state index in [1.165, 1.54) is 12.4 Å². The number of aromatic nitrogens is 3. The molecular formula is C15H17FN6O. The van der Waals surface area contributed by atoms with Gasteiger partial charge in [0.2, 0.25) is 0 Å². The van der Waals surface area contributed by atoms with Crippen LogP contribution in [0, 0.1) is 5.82 Å². The number of hydrogen-bond acceptors (Lipinski definition) is 4. The number of hydrogen-bond donors (Lipinski definition) is 0. The Kier molecular flexibility index (Phi) is 3.81. The predicted molar refractivity (Wildman–Crippen MR) is 84.6 cm³/mol. The van der Waals surface area contributed by atoms with Crippen molar-refractivity contribution in [1.29, 1.82) is 0 Å². The lowest BCUT2D eigenvalue weighted by Gasteiger charge is -2.26. The van der Waals surface area contributed by atoms with Gasteiger partial charge in [0.1, 0.15) is 5.69 Å². The van der Waals surface area contributed by atoms with Crippen LogP contribution in [0.2, 0.25) is 0 Å². The molecule has 0 unspecified atom stereocenters. The Bertz CT molecular complexity index is 782. The van der Waals surface area contributed by atoms with Crippen LogP contribution in [-0.4, -0.2) is 52.6 Å². The minimum Gasteiger partial charge on any atom is -0.369 e. The number of rotatable bonds is 3. The summed E-state index contributed by atoms with van der Waals surface area (Å²) in [4.78, 5) is 24.0. The lowest BCUT2D eigenvalue weighted by atomic mass is 10.0. The average molecular weight is 316 g/mol. The number of aryl methyl sites for hydroxylation is 1. The highest BCUT2D eigenvalue weighted by Gasteiger charge is 2.29. The van der Waals surface area contributed by atoms with Crippen LogP contribution in [0.4, 0.5) is 15.9 Å². The summed E-state index contributed by atoms with van der Waals surface area (Å²) >= 11 is 0. The van der Waals surface area contributed by atoms with Crippen LogP contribution in [0.1, 0.15) is 16.1 Å². The van der Waals surface area contributed by atoms with E-state index in [1.54, 1.807) is 48.0 Å². The van der Waals surface area contributed by atoms with E-state index >= 15 is 0 Å². The number of fused-ring (bicyclic) bond motifs is 1. The molecule has 0 N–H and O–H groups in total. The van der Waals surface area contributed by atoms with E-state index in [9.17, 15) is 9.18 Å². The fraction of sp³-hybridized carbons (Fsp3) is 0.333. The monoisotopic (exact) mass is 316 g/mol. The molecule has 0 aliphatic carbocycles. The predicted octanol–water partition coefficient (Wildman–Crippen LogP) is 1.38. The molecule has 3 rings (SSSR count). The van der Waals surface area contributed by atoms with Crippen LogP contribution in [0.5, 0.6) is 0 Å². The molecule has 1 amide bonds. The summed E-state index contributed by atoms with van der Waals surface area (Å²) in [5.74, 6) is -0.871. The van der Waals surface area contributed by atoms with Gasteiger partial charge in [-0.1, -0.05) is 0 Å². The molecule has 0 aromatic carbocycles. The molecule has 0 spiro atoms. The van der Waals surface area contributed by atoms with Crippen LogP contribution in [0.25, 0.3) is 0 Å². The molecule has 1 aliphatic heterocycles. The Morgan fingerprint density at radius 3 is 2.87 bits per heavy atom. The van der Waals surface area contributed by atoms with Crippen molar-refractivity contribution in [3.05, 3.63) is 35.5 Å². The van der Waals surface area contributed by atoms with Gasteiger partial charge in [0.15, 0.2) is 11.6 Å². The lowest BCUT2D eigenvalue weighted by Crippen LogP contribution is -2.38. The summed E-state index contributed by atoms with van der Waals surface area (Å²) in [6.07, 6.45) is 5.37. The maximum Gasteiger partial charge on any atom is 0.277 e. The van der Waals surface area contributed by atoms with Gasteiger partial charge in [0.05, 0.1) is 18.2 Å². The van der Waals surface area contributed by atoms with Crippen molar-refractivity contribution >= 4 is 23.8 Å². The Morgan fingerprint density at radius 2 is 2.22 bits per heavy atom. The van der Waals surface area contributed by atoms with Crippen LogP contribution in [0.3, 0.4) is 0 Å². The smallest absolute Gasteiger partial charge is 0.277 e. The molecule has 0 radical (unpaired) electrons. The SMILES string of the molecule is CN(C)/C=N/c1nc2c(cc1F)CCN(c1cnn(C)c1)C2=O. The number of halogens is 1. The first kappa shape index (κ1) is 15.1. The largest absolute Gasteiger partial charge is 0.369 e. The molecule has 23 heavy (non-hydrogen) atoms. The van der Waals surface area contributed by atoms with Gasteiger partial charge in [-0.15, -0.1) is 0 Å². The van der Waals surface area contributed by atoms with Gasteiger partial charge in [0, 0.05) is 33.9 Å². The van der Waals surface area contributed by atoms with Gasteiger partial charge >= 0.3 is 0 Å². The lowest BCUT2D eigenvalue weighted by molar-refractivity contribution is 0.0975. The highest BCUT2D eigenvalue weighted by Crippen LogP contribution is 2.26. The van der Waals surface area contributed by atoms with Crippen molar-refractivity contribution in [2.24, 2.45) is 12.0 Å². The number of pyridine rings is 1. The molecule has 2 aromatic rings. The zero-order chi connectivity index (χ0) is 16.6. The standard InChI is InChI=1S/C15H17FN6O/c1-20(2)9-17-14-12(16)6-10-4-5-22(15(23)13(10)19-14)11-7-18-21(3)8-11/h6-9H,4-5H2,1-3H3/b17-9+. The van der Waals surface area contributed by atoms with Crippen molar-refractivity contribution in [3.63, 3.8) is 0 Å². The maximum absolute atomic E-state index is 14.0. The van der Waals surface area contributed by atoms with E-state index < -0.39 is 5.82 Å². The highest BCUT2D eigenvalue weighted by atomic mass is 19.1. The normalized spacial score (nSPS) is 14.4. The van der Waals surface area contributed by atoms with Crippen LogP contribution in [0.15, 0.2) is 23.5 Å². The Morgan fingerprint density at radius 1 is 1.43 bits per heavy atom. The van der Waals surface area contributed by atoms with Gasteiger partial charge in [0.25, 0.3) is 5.91 Å². The van der Waals surface area contributed by atoms with Crippen molar-refractivity contribution in [2.45, 2.75) is 6.42 Å². The second-order valence-electron chi connectivity index (χ2n) is 5.59. The Hall–Kier alpha value is -2.77. The third kappa shape index (κ3) is 2.92. The average Bonchev–Trinajstić information content (AvgIpc) is 2.92. The minimum absolute atomic E-state index is 0.0844. The van der Waals surface area contributed by atoms with Crippen molar-refractivity contribution in [2.75, 3.05) is 25.5 Å². The van der Waals surface area contributed by atoms with Gasteiger partial charge < -0.3 is 9.80 Å². The highest BCUT2D eigenvalue weighted by molar-refractivity contribution is 6.06.